The Kier molecular flexibility index (Phi) is 5.20. The SMILES string of the molecule is CCc1ccc(OCC(=O)N2CCC(CC(=O)O)C2)cc1. The Morgan fingerprint density at radius 3 is 2.67 bits per heavy atom. The standard InChI is InChI=1S/C16H21NO4/c1-2-12-3-5-14(6-4-12)21-11-15(18)17-8-7-13(10-17)9-16(19)20/h3-6,13H,2,7-11H2,1H3,(H,19,20). The molecule has 1 fully saturated rings. The molecule has 5 nitrogen and oxygen atoms in total. The van der Waals surface area contributed by atoms with Gasteiger partial charge < -0.3 is 14.7 Å². The fourth-order valence-corrected chi connectivity index (χ4v) is 2.53. The number of nitrogens with zero attached hydrogens (tertiary/aromatic N) is 1. The minimum atomic E-state index is -0.804. The molecular formula is C16H21NO4. The number of carbonyl (C=O) groups is 2. The van der Waals surface area contributed by atoms with Crippen molar-refractivity contribution in [3.05, 3.63) is 29.8 Å². The zero-order valence-corrected chi connectivity index (χ0v) is 12.2. The summed E-state index contributed by atoms with van der Waals surface area (Å²) in [6, 6.07) is 7.70. The largest absolute Gasteiger partial charge is 0.484 e. The van der Waals surface area contributed by atoms with Gasteiger partial charge in [0, 0.05) is 19.5 Å². The van der Waals surface area contributed by atoms with Crippen molar-refractivity contribution in [2.75, 3.05) is 19.7 Å². The van der Waals surface area contributed by atoms with E-state index in [2.05, 4.69) is 6.92 Å². The van der Waals surface area contributed by atoms with Crippen LogP contribution in [-0.4, -0.2) is 41.6 Å². The molecule has 1 unspecified atom stereocenters. The average molecular weight is 291 g/mol. The van der Waals surface area contributed by atoms with Gasteiger partial charge in [0.25, 0.3) is 5.91 Å². The summed E-state index contributed by atoms with van der Waals surface area (Å²) in [6.45, 7) is 3.23. The van der Waals surface area contributed by atoms with Gasteiger partial charge in [-0.15, -0.1) is 0 Å². The summed E-state index contributed by atoms with van der Waals surface area (Å²) in [5.74, 6) is -0.138. The lowest BCUT2D eigenvalue weighted by Crippen LogP contribution is -2.33. The van der Waals surface area contributed by atoms with Crippen LogP contribution in [0.4, 0.5) is 0 Å². The number of carboxylic acids is 1. The van der Waals surface area contributed by atoms with Crippen molar-refractivity contribution in [2.45, 2.75) is 26.2 Å². The number of hydrogen-bond donors (Lipinski definition) is 1. The molecule has 114 valence electrons. The highest BCUT2D eigenvalue weighted by Crippen LogP contribution is 2.20. The monoisotopic (exact) mass is 291 g/mol. The van der Waals surface area contributed by atoms with Gasteiger partial charge in [-0.3, -0.25) is 9.59 Å². The number of amides is 1. The summed E-state index contributed by atoms with van der Waals surface area (Å²) in [5.41, 5.74) is 1.23. The molecule has 21 heavy (non-hydrogen) atoms. The lowest BCUT2D eigenvalue weighted by atomic mass is 10.1. The van der Waals surface area contributed by atoms with Crippen LogP contribution in [0.25, 0.3) is 0 Å². The molecule has 1 aromatic rings. The molecule has 0 bridgehead atoms. The van der Waals surface area contributed by atoms with Gasteiger partial charge in [0.15, 0.2) is 6.61 Å². The maximum atomic E-state index is 12.0. The molecule has 1 atom stereocenters. The normalized spacial score (nSPS) is 17.8. The Balaban J connectivity index is 1.78. The summed E-state index contributed by atoms with van der Waals surface area (Å²) >= 11 is 0. The average Bonchev–Trinajstić information content (AvgIpc) is 2.93. The van der Waals surface area contributed by atoms with Crippen LogP contribution in [0.5, 0.6) is 5.75 Å². The number of ether oxygens (including phenoxy) is 1. The van der Waals surface area contributed by atoms with Crippen LogP contribution in [0, 0.1) is 5.92 Å². The predicted octanol–water partition coefficient (Wildman–Crippen LogP) is 1.95. The summed E-state index contributed by atoms with van der Waals surface area (Å²) < 4.78 is 5.49. The molecule has 0 radical (unpaired) electrons. The van der Waals surface area contributed by atoms with Gasteiger partial charge in [-0.1, -0.05) is 19.1 Å². The van der Waals surface area contributed by atoms with Crippen molar-refractivity contribution in [2.24, 2.45) is 5.92 Å². The third-order valence-electron chi connectivity index (χ3n) is 3.80. The molecule has 5 heteroatoms. The molecule has 1 amide bonds. The minimum Gasteiger partial charge on any atom is -0.484 e. The molecule has 1 saturated heterocycles. The van der Waals surface area contributed by atoms with Crippen molar-refractivity contribution < 1.29 is 19.4 Å². The van der Waals surface area contributed by atoms with Crippen LogP contribution < -0.4 is 4.74 Å². The fourth-order valence-electron chi connectivity index (χ4n) is 2.53. The highest BCUT2D eigenvalue weighted by atomic mass is 16.5. The van der Waals surface area contributed by atoms with E-state index in [0.29, 0.717) is 18.8 Å². The molecule has 0 aliphatic carbocycles. The summed E-state index contributed by atoms with van der Waals surface area (Å²) in [6.07, 6.45) is 1.85. The van der Waals surface area contributed by atoms with Gasteiger partial charge in [-0.2, -0.15) is 0 Å². The molecule has 0 saturated carbocycles. The van der Waals surface area contributed by atoms with E-state index in [9.17, 15) is 9.59 Å². The smallest absolute Gasteiger partial charge is 0.303 e. The van der Waals surface area contributed by atoms with Gasteiger partial charge in [0.05, 0.1) is 0 Å². The number of carbonyl (C=O) groups excluding carboxylic acids is 1. The molecule has 1 N–H and O–H groups in total. The number of rotatable bonds is 6. The molecule has 1 aromatic carbocycles. The maximum Gasteiger partial charge on any atom is 0.303 e. The van der Waals surface area contributed by atoms with Crippen molar-refractivity contribution in [3.63, 3.8) is 0 Å². The third kappa shape index (κ3) is 4.48. The van der Waals surface area contributed by atoms with Gasteiger partial charge in [-0.05, 0) is 36.5 Å². The molecular weight excluding hydrogens is 270 g/mol. The van der Waals surface area contributed by atoms with E-state index >= 15 is 0 Å². The topological polar surface area (TPSA) is 66.8 Å². The van der Waals surface area contributed by atoms with E-state index in [-0.39, 0.29) is 24.9 Å². The van der Waals surface area contributed by atoms with Crippen LogP contribution in [0.2, 0.25) is 0 Å². The first-order valence-corrected chi connectivity index (χ1v) is 7.29. The highest BCUT2D eigenvalue weighted by Gasteiger charge is 2.27. The zero-order valence-electron chi connectivity index (χ0n) is 12.2. The fraction of sp³-hybridized carbons (Fsp3) is 0.500. The van der Waals surface area contributed by atoms with E-state index < -0.39 is 5.97 Å². The first-order chi connectivity index (χ1) is 10.1. The quantitative estimate of drug-likeness (QED) is 0.870. The van der Waals surface area contributed by atoms with Crippen molar-refractivity contribution in [1.29, 1.82) is 0 Å². The second-order valence-electron chi connectivity index (χ2n) is 5.38. The van der Waals surface area contributed by atoms with E-state index in [0.717, 1.165) is 12.8 Å². The van der Waals surface area contributed by atoms with Gasteiger partial charge >= 0.3 is 5.97 Å². The number of carboxylic acid groups (broad SMARTS) is 1. The Hall–Kier alpha value is -2.04. The lowest BCUT2D eigenvalue weighted by Gasteiger charge is -2.16. The Morgan fingerprint density at radius 1 is 1.33 bits per heavy atom. The molecule has 2 rings (SSSR count). The molecule has 1 aliphatic rings. The summed E-state index contributed by atoms with van der Waals surface area (Å²) in [4.78, 5) is 24.4. The summed E-state index contributed by atoms with van der Waals surface area (Å²) in [7, 11) is 0. The van der Waals surface area contributed by atoms with Crippen LogP contribution >= 0.6 is 0 Å². The number of benzene rings is 1. The van der Waals surface area contributed by atoms with Gasteiger partial charge in [0.1, 0.15) is 5.75 Å². The Labute approximate surface area is 124 Å². The Morgan fingerprint density at radius 2 is 2.05 bits per heavy atom. The second-order valence-corrected chi connectivity index (χ2v) is 5.38. The Bertz CT molecular complexity index is 498. The maximum absolute atomic E-state index is 12.0. The number of likely N-dealkylation sites (tertiary alicyclic amines) is 1. The molecule has 1 heterocycles. The number of aryl methyl sites for hydroxylation is 1. The van der Waals surface area contributed by atoms with E-state index in [1.165, 1.54) is 5.56 Å². The minimum absolute atomic E-state index is 0.00522. The molecule has 1 aliphatic heterocycles. The van der Waals surface area contributed by atoms with Crippen LogP contribution in [-0.2, 0) is 16.0 Å². The van der Waals surface area contributed by atoms with Gasteiger partial charge in [-0.25, -0.2) is 0 Å². The number of aliphatic carboxylic acids is 1. The first kappa shape index (κ1) is 15.4. The summed E-state index contributed by atoms with van der Waals surface area (Å²) in [5, 5.41) is 8.77. The second kappa shape index (κ2) is 7.11. The first-order valence-electron chi connectivity index (χ1n) is 7.29. The van der Waals surface area contributed by atoms with Crippen LogP contribution in [0.15, 0.2) is 24.3 Å². The van der Waals surface area contributed by atoms with Gasteiger partial charge in [0.2, 0.25) is 0 Å². The highest BCUT2D eigenvalue weighted by molar-refractivity contribution is 5.78. The van der Waals surface area contributed by atoms with E-state index in [1.54, 1.807) is 4.90 Å². The van der Waals surface area contributed by atoms with Crippen LogP contribution in [0.1, 0.15) is 25.3 Å². The molecule has 0 aromatic heterocycles. The van der Waals surface area contributed by atoms with E-state index in [4.69, 9.17) is 9.84 Å². The van der Waals surface area contributed by atoms with Crippen LogP contribution in [0.3, 0.4) is 0 Å². The van der Waals surface area contributed by atoms with E-state index in [1.807, 2.05) is 24.3 Å². The molecule has 0 spiro atoms. The third-order valence-corrected chi connectivity index (χ3v) is 3.80. The zero-order chi connectivity index (χ0) is 15.2. The lowest BCUT2D eigenvalue weighted by molar-refractivity contribution is -0.138. The van der Waals surface area contributed by atoms with Crippen molar-refractivity contribution >= 4 is 11.9 Å². The number of hydrogen-bond acceptors (Lipinski definition) is 3. The van der Waals surface area contributed by atoms with Crippen molar-refractivity contribution in [3.8, 4) is 5.75 Å². The predicted molar refractivity (Wildman–Crippen MR) is 78.3 cm³/mol. The van der Waals surface area contributed by atoms with Crippen molar-refractivity contribution in [1.82, 2.24) is 4.90 Å².